The molecule has 0 aliphatic rings. The molecule has 1 aromatic rings. The SMILES string of the molecule is CC(=O)N(CC(=O)Nc1ccc(C)cc1)CC(C)C. The van der Waals surface area contributed by atoms with Gasteiger partial charge in [0.25, 0.3) is 0 Å². The number of benzene rings is 1. The van der Waals surface area contributed by atoms with Crippen molar-refractivity contribution >= 4 is 17.5 Å². The second-order valence-electron chi connectivity index (χ2n) is 5.21. The largest absolute Gasteiger partial charge is 0.333 e. The zero-order valence-electron chi connectivity index (χ0n) is 12.1. The summed E-state index contributed by atoms with van der Waals surface area (Å²) in [4.78, 5) is 24.9. The molecule has 1 N–H and O–H groups in total. The molecule has 0 atom stereocenters. The number of nitrogens with one attached hydrogen (secondary N) is 1. The molecule has 1 aromatic carbocycles. The highest BCUT2D eigenvalue weighted by Crippen LogP contribution is 2.08. The maximum atomic E-state index is 11.9. The lowest BCUT2D eigenvalue weighted by molar-refractivity contribution is -0.133. The van der Waals surface area contributed by atoms with Gasteiger partial charge >= 0.3 is 0 Å². The molecule has 0 saturated heterocycles. The number of nitrogens with zero attached hydrogens (tertiary/aromatic N) is 1. The standard InChI is InChI=1S/C15H22N2O2/c1-11(2)9-17(13(4)18)10-15(19)16-14-7-5-12(3)6-8-14/h5-8,11H,9-10H2,1-4H3,(H,16,19). The van der Waals surface area contributed by atoms with Crippen LogP contribution in [0, 0.1) is 12.8 Å². The summed E-state index contributed by atoms with van der Waals surface area (Å²) in [7, 11) is 0. The van der Waals surface area contributed by atoms with E-state index in [0.29, 0.717) is 12.5 Å². The van der Waals surface area contributed by atoms with Crippen molar-refractivity contribution in [3.63, 3.8) is 0 Å². The minimum atomic E-state index is -0.167. The monoisotopic (exact) mass is 262 g/mol. The summed E-state index contributed by atoms with van der Waals surface area (Å²) in [5.41, 5.74) is 1.90. The third-order valence-electron chi connectivity index (χ3n) is 2.70. The predicted molar refractivity (Wildman–Crippen MR) is 76.9 cm³/mol. The molecule has 0 heterocycles. The molecule has 19 heavy (non-hydrogen) atoms. The Balaban J connectivity index is 2.57. The van der Waals surface area contributed by atoms with E-state index in [1.807, 2.05) is 45.0 Å². The van der Waals surface area contributed by atoms with Crippen LogP contribution in [0.4, 0.5) is 5.69 Å². The van der Waals surface area contributed by atoms with Gasteiger partial charge in [-0.25, -0.2) is 0 Å². The Morgan fingerprint density at radius 3 is 2.26 bits per heavy atom. The van der Waals surface area contributed by atoms with E-state index in [4.69, 9.17) is 0 Å². The maximum Gasteiger partial charge on any atom is 0.243 e. The van der Waals surface area contributed by atoms with Crippen LogP contribution in [-0.2, 0) is 9.59 Å². The van der Waals surface area contributed by atoms with E-state index in [2.05, 4.69) is 5.32 Å². The predicted octanol–water partition coefficient (Wildman–Crippen LogP) is 2.44. The second kappa shape index (κ2) is 6.92. The maximum absolute atomic E-state index is 11.9. The van der Waals surface area contributed by atoms with Crippen molar-refractivity contribution in [2.24, 2.45) is 5.92 Å². The second-order valence-corrected chi connectivity index (χ2v) is 5.21. The van der Waals surface area contributed by atoms with E-state index in [9.17, 15) is 9.59 Å². The molecule has 0 fully saturated rings. The minimum Gasteiger partial charge on any atom is -0.333 e. The Labute approximate surface area is 114 Å². The summed E-state index contributed by atoms with van der Waals surface area (Å²) in [6, 6.07) is 7.58. The Morgan fingerprint density at radius 2 is 1.79 bits per heavy atom. The Bertz CT molecular complexity index is 438. The number of hydrogen-bond acceptors (Lipinski definition) is 2. The van der Waals surface area contributed by atoms with E-state index < -0.39 is 0 Å². The number of carbonyl (C=O) groups is 2. The molecule has 4 heteroatoms. The molecule has 1 rings (SSSR count). The zero-order chi connectivity index (χ0) is 14.4. The van der Waals surface area contributed by atoms with Crippen LogP contribution >= 0.6 is 0 Å². The van der Waals surface area contributed by atoms with Gasteiger partial charge in [0.05, 0.1) is 6.54 Å². The third kappa shape index (κ3) is 5.55. The van der Waals surface area contributed by atoms with Crippen molar-refractivity contribution in [3.05, 3.63) is 29.8 Å². The highest BCUT2D eigenvalue weighted by molar-refractivity contribution is 5.94. The number of hydrogen-bond donors (Lipinski definition) is 1. The van der Waals surface area contributed by atoms with Crippen LogP contribution in [0.25, 0.3) is 0 Å². The first kappa shape index (κ1) is 15.2. The van der Waals surface area contributed by atoms with Crippen LogP contribution in [0.5, 0.6) is 0 Å². The van der Waals surface area contributed by atoms with Gasteiger partial charge in [0, 0.05) is 19.2 Å². The van der Waals surface area contributed by atoms with Crippen molar-refractivity contribution in [1.29, 1.82) is 0 Å². The van der Waals surface area contributed by atoms with Gasteiger partial charge in [0.15, 0.2) is 0 Å². The van der Waals surface area contributed by atoms with E-state index in [0.717, 1.165) is 11.3 Å². The lowest BCUT2D eigenvalue weighted by Crippen LogP contribution is -2.38. The van der Waals surface area contributed by atoms with Crippen LogP contribution in [0.2, 0.25) is 0 Å². The van der Waals surface area contributed by atoms with Crippen LogP contribution in [0.15, 0.2) is 24.3 Å². The van der Waals surface area contributed by atoms with Crippen LogP contribution in [-0.4, -0.2) is 29.8 Å². The quantitative estimate of drug-likeness (QED) is 0.886. The normalized spacial score (nSPS) is 10.4. The van der Waals surface area contributed by atoms with Gasteiger partial charge in [-0.2, -0.15) is 0 Å². The number of aryl methyl sites for hydroxylation is 1. The van der Waals surface area contributed by atoms with Gasteiger partial charge in [0.1, 0.15) is 0 Å². The average molecular weight is 262 g/mol. The van der Waals surface area contributed by atoms with Gasteiger partial charge in [0.2, 0.25) is 11.8 Å². The van der Waals surface area contributed by atoms with E-state index in [-0.39, 0.29) is 18.4 Å². The number of amides is 2. The zero-order valence-corrected chi connectivity index (χ0v) is 12.1. The van der Waals surface area contributed by atoms with Gasteiger partial charge in [-0.05, 0) is 25.0 Å². The Hall–Kier alpha value is -1.84. The van der Waals surface area contributed by atoms with Gasteiger partial charge in [-0.3, -0.25) is 9.59 Å². The van der Waals surface area contributed by atoms with Crippen molar-refractivity contribution in [3.8, 4) is 0 Å². The first-order chi connectivity index (χ1) is 8.88. The molecular weight excluding hydrogens is 240 g/mol. The highest BCUT2D eigenvalue weighted by Gasteiger charge is 2.14. The van der Waals surface area contributed by atoms with Crippen LogP contribution in [0.3, 0.4) is 0 Å². The molecule has 0 bridgehead atoms. The smallest absolute Gasteiger partial charge is 0.243 e. The summed E-state index contributed by atoms with van der Waals surface area (Å²) in [5.74, 6) is 0.100. The Kier molecular flexibility index (Phi) is 5.55. The first-order valence-electron chi connectivity index (χ1n) is 6.50. The van der Waals surface area contributed by atoms with Crippen LogP contribution in [0.1, 0.15) is 26.3 Å². The number of carbonyl (C=O) groups excluding carboxylic acids is 2. The molecule has 104 valence electrons. The number of anilines is 1. The van der Waals surface area contributed by atoms with Gasteiger partial charge < -0.3 is 10.2 Å². The fraction of sp³-hybridized carbons (Fsp3) is 0.467. The van der Waals surface area contributed by atoms with Gasteiger partial charge in [-0.15, -0.1) is 0 Å². The summed E-state index contributed by atoms with van der Waals surface area (Å²) in [5, 5.41) is 2.79. The lowest BCUT2D eigenvalue weighted by atomic mass is 10.2. The molecule has 0 aromatic heterocycles. The lowest BCUT2D eigenvalue weighted by Gasteiger charge is -2.22. The van der Waals surface area contributed by atoms with Crippen molar-refractivity contribution in [2.75, 3.05) is 18.4 Å². The molecule has 0 radical (unpaired) electrons. The molecule has 0 aliphatic carbocycles. The fourth-order valence-electron chi connectivity index (χ4n) is 1.76. The van der Waals surface area contributed by atoms with Crippen molar-refractivity contribution in [1.82, 2.24) is 4.90 Å². The molecule has 0 unspecified atom stereocenters. The van der Waals surface area contributed by atoms with Crippen LogP contribution < -0.4 is 5.32 Å². The van der Waals surface area contributed by atoms with Crippen molar-refractivity contribution in [2.45, 2.75) is 27.7 Å². The third-order valence-corrected chi connectivity index (χ3v) is 2.70. The average Bonchev–Trinajstić information content (AvgIpc) is 2.30. The summed E-state index contributed by atoms with van der Waals surface area (Å²) in [6.45, 7) is 8.22. The van der Waals surface area contributed by atoms with Gasteiger partial charge in [-0.1, -0.05) is 31.5 Å². The molecule has 0 spiro atoms. The fourth-order valence-corrected chi connectivity index (χ4v) is 1.76. The van der Waals surface area contributed by atoms with E-state index in [1.54, 1.807) is 4.90 Å². The highest BCUT2D eigenvalue weighted by atomic mass is 16.2. The topological polar surface area (TPSA) is 49.4 Å². The molecule has 0 aliphatic heterocycles. The molecule has 0 saturated carbocycles. The Morgan fingerprint density at radius 1 is 1.21 bits per heavy atom. The molecule has 4 nitrogen and oxygen atoms in total. The molecular formula is C15H22N2O2. The van der Waals surface area contributed by atoms with E-state index >= 15 is 0 Å². The minimum absolute atomic E-state index is 0.0762. The summed E-state index contributed by atoms with van der Waals surface area (Å²) in [6.07, 6.45) is 0. The first-order valence-corrected chi connectivity index (χ1v) is 6.50. The van der Waals surface area contributed by atoms with E-state index in [1.165, 1.54) is 6.92 Å². The van der Waals surface area contributed by atoms with Crippen molar-refractivity contribution < 1.29 is 9.59 Å². The molecule has 2 amide bonds. The summed E-state index contributed by atoms with van der Waals surface area (Å²) < 4.78 is 0. The summed E-state index contributed by atoms with van der Waals surface area (Å²) >= 11 is 0. The number of rotatable bonds is 5.